The summed E-state index contributed by atoms with van der Waals surface area (Å²) in [5, 5.41) is 0. The molecule has 1 unspecified atom stereocenters. The number of aryl methyl sites for hydroxylation is 1. The topological polar surface area (TPSA) is 72.5 Å². The molecule has 7 nitrogen and oxygen atoms in total. The molecular weight excluding hydrogens is 444 g/mol. The van der Waals surface area contributed by atoms with E-state index in [9.17, 15) is 4.79 Å². The standard InChI is InChI=1S/C23H38O7Si2/c1-6-23(24)25-15-11-16-31(5)29-19-21-18-20(13-14-22(21)30-31)12-10-17-32(26-7-2,27-8-3)28-9-4/h6,13-14,18H,1,7-12,15-17,19H2,2-5H3. The summed E-state index contributed by atoms with van der Waals surface area (Å²) in [6.45, 7) is 14.1. The third-order valence-electron chi connectivity index (χ3n) is 5.21. The first kappa shape index (κ1) is 26.8. The monoisotopic (exact) mass is 482 g/mol. The lowest BCUT2D eigenvalue weighted by Crippen LogP contribution is -2.46. The van der Waals surface area contributed by atoms with Gasteiger partial charge in [0.05, 0.1) is 13.2 Å². The van der Waals surface area contributed by atoms with Crippen LogP contribution in [-0.4, -0.2) is 49.8 Å². The second-order valence-corrected chi connectivity index (χ2v) is 13.8. The van der Waals surface area contributed by atoms with Crippen LogP contribution in [0, 0.1) is 0 Å². The van der Waals surface area contributed by atoms with Gasteiger partial charge in [-0.2, -0.15) is 0 Å². The highest BCUT2D eigenvalue weighted by atomic mass is 28.4. The highest BCUT2D eigenvalue weighted by Gasteiger charge is 2.40. The maximum atomic E-state index is 11.2. The largest absolute Gasteiger partial charge is 0.520 e. The zero-order valence-corrected chi connectivity index (χ0v) is 21.9. The third-order valence-corrected chi connectivity index (χ3v) is 11.0. The maximum Gasteiger partial charge on any atom is 0.500 e. The number of benzene rings is 1. The first-order valence-electron chi connectivity index (χ1n) is 11.5. The van der Waals surface area contributed by atoms with E-state index in [1.54, 1.807) is 0 Å². The van der Waals surface area contributed by atoms with Gasteiger partial charge in [0.1, 0.15) is 5.75 Å². The molecular formula is C23H38O7Si2. The van der Waals surface area contributed by atoms with E-state index in [-0.39, 0.29) is 0 Å². The van der Waals surface area contributed by atoms with Gasteiger partial charge in [0, 0.05) is 43.5 Å². The molecule has 2 rings (SSSR count). The Balaban J connectivity index is 1.89. The molecule has 0 spiro atoms. The van der Waals surface area contributed by atoms with E-state index < -0.39 is 23.3 Å². The minimum Gasteiger partial charge on any atom is -0.520 e. The van der Waals surface area contributed by atoms with Gasteiger partial charge in [0.15, 0.2) is 0 Å². The summed E-state index contributed by atoms with van der Waals surface area (Å²) in [6.07, 6.45) is 3.73. The van der Waals surface area contributed by atoms with Crippen LogP contribution in [0.2, 0.25) is 18.6 Å². The summed E-state index contributed by atoms with van der Waals surface area (Å²) in [5.41, 5.74) is 2.32. The predicted molar refractivity (Wildman–Crippen MR) is 128 cm³/mol. The van der Waals surface area contributed by atoms with Gasteiger partial charge in [-0.25, -0.2) is 4.79 Å². The van der Waals surface area contributed by atoms with Crippen LogP contribution in [-0.2, 0) is 40.3 Å². The van der Waals surface area contributed by atoms with Gasteiger partial charge in [0.2, 0.25) is 0 Å². The van der Waals surface area contributed by atoms with E-state index in [1.165, 1.54) is 11.6 Å². The van der Waals surface area contributed by atoms with E-state index in [4.69, 9.17) is 26.9 Å². The number of ether oxygens (including phenoxy) is 1. The van der Waals surface area contributed by atoms with E-state index >= 15 is 0 Å². The summed E-state index contributed by atoms with van der Waals surface area (Å²) in [6, 6.07) is 7.90. The van der Waals surface area contributed by atoms with Gasteiger partial charge >= 0.3 is 23.3 Å². The lowest BCUT2D eigenvalue weighted by Gasteiger charge is -2.33. The van der Waals surface area contributed by atoms with Gasteiger partial charge in [-0.05, 0) is 64.3 Å². The Morgan fingerprint density at radius 3 is 2.47 bits per heavy atom. The molecule has 1 heterocycles. The zero-order valence-electron chi connectivity index (χ0n) is 19.9. The second-order valence-electron chi connectivity index (χ2n) is 7.78. The van der Waals surface area contributed by atoms with Crippen molar-refractivity contribution >= 4 is 23.3 Å². The van der Waals surface area contributed by atoms with Gasteiger partial charge in [-0.15, -0.1) is 0 Å². The van der Waals surface area contributed by atoms with Crippen molar-refractivity contribution in [1.82, 2.24) is 0 Å². The SMILES string of the molecule is C=CC(=O)OCCC[Si]1(C)OCc2cc(CCC[Si](OCC)(OCC)OCC)ccc2O1. The molecule has 1 aliphatic rings. The third kappa shape index (κ3) is 8.13. The molecule has 9 heteroatoms. The molecule has 1 atom stereocenters. The Morgan fingerprint density at radius 2 is 1.84 bits per heavy atom. The van der Waals surface area contributed by atoms with Gasteiger partial charge in [-0.1, -0.05) is 12.6 Å². The van der Waals surface area contributed by atoms with E-state index in [1.807, 2.05) is 20.8 Å². The minimum atomic E-state index is -2.60. The van der Waals surface area contributed by atoms with E-state index in [2.05, 4.69) is 31.3 Å². The van der Waals surface area contributed by atoms with E-state index in [0.29, 0.717) is 39.5 Å². The first-order valence-corrected chi connectivity index (χ1v) is 16.0. The smallest absolute Gasteiger partial charge is 0.500 e. The molecule has 0 saturated carbocycles. The van der Waals surface area contributed by atoms with Gasteiger partial charge in [-0.3, -0.25) is 0 Å². The summed E-state index contributed by atoms with van der Waals surface area (Å²) in [7, 11) is -4.93. The molecule has 0 N–H and O–H groups in total. The Bertz CT molecular complexity index is 726. The number of hydrogen-bond donors (Lipinski definition) is 0. The number of carbonyl (C=O) groups is 1. The number of rotatable bonds is 15. The average molecular weight is 483 g/mol. The van der Waals surface area contributed by atoms with Crippen molar-refractivity contribution in [3.8, 4) is 5.75 Å². The molecule has 0 bridgehead atoms. The minimum absolute atomic E-state index is 0.349. The number of hydrogen-bond acceptors (Lipinski definition) is 7. The van der Waals surface area contributed by atoms with Crippen LogP contribution in [0.1, 0.15) is 44.7 Å². The Labute approximate surface area is 194 Å². The van der Waals surface area contributed by atoms with Gasteiger partial charge in [0.25, 0.3) is 0 Å². The van der Waals surface area contributed by atoms with Crippen LogP contribution in [0.3, 0.4) is 0 Å². The fraction of sp³-hybridized carbons (Fsp3) is 0.609. The van der Waals surface area contributed by atoms with Crippen molar-refractivity contribution in [3.05, 3.63) is 42.0 Å². The Kier molecular flexibility index (Phi) is 11.1. The number of fused-ring (bicyclic) bond motifs is 1. The summed E-state index contributed by atoms with van der Waals surface area (Å²) in [4.78, 5) is 11.2. The summed E-state index contributed by atoms with van der Waals surface area (Å²) >= 11 is 0. The van der Waals surface area contributed by atoms with Crippen molar-refractivity contribution in [1.29, 1.82) is 0 Å². The fourth-order valence-corrected chi connectivity index (χ4v) is 8.58. The lowest BCUT2D eigenvalue weighted by atomic mass is 10.1. The molecule has 1 aliphatic heterocycles. The molecule has 0 fully saturated rings. The molecule has 1 aromatic carbocycles. The van der Waals surface area contributed by atoms with Crippen molar-refractivity contribution in [2.75, 3.05) is 26.4 Å². The van der Waals surface area contributed by atoms with Crippen molar-refractivity contribution in [3.63, 3.8) is 0 Å². The molecule has 1 aromatic rings. The molecule has 180 valence electrons. The zero-order chi connectivity index (χ0) is 23.5. The summed E-state index contributed by atoms with van der Waals surface area (Å²) in [5.74, 6) is 0.503. The van der Waals surface area contributed by atoms with Crippen LogP contribution < -0.4 is 4.43 Å². The number of esters is 1. The lowest BCUT2D eigenvalue weighted by molar-refractivity contribution is -0.137. The molecule has 0 aliphatic carbocycles. The van der Waals surface area contributed by atoms with Gasteiger partial charge < -0.3 is 26.9 Å². The van der Waals surface area contributed by atoms with Crippen LogP contribution in [0.4, 0.5) is 0 Å². The fourth-order valence-electron chi connectivity index (χ4n) is 3.75. The Morgan fingerprint density at radius 1 is 1.16 bits per heavy atom. The molecule has 0 aromatic heterocycles. The van der Waals surface area contributed by atoms with Crippen molar-refractivity contribution in [2.45, 2.75) is 65.3 Å². The van der Waals surface area contributed by atoms with Crippen molar-refractivity contribution < 1.29 is 31.7 Å². The van der Waals surface area contributed by atoms with E-state index in [0.717, 1.165) is 36.2 Å². The maximum absolute atomic E-state index is 11.2. The normalized spacial score (nSPS) is 18.0. The summed E-state index contributed by atoms with van der Waals surface area (Å²) < 4.78 is 35.3. The quantitative estimate of drug-likeness (QED) is 0.154. The molecule has 32 heavy (non-hydrogen) atoms. The van der Waals surface area contributed by atoms with Crippen LogP contribution in [0.15, 0.2) is 30.9 Å². The predicted octanol–water partition coefficient (Wildman–Crippen LogP) is 4.77. The average Bonchev–Trinajstić information content (AvgIpc) is 2.77. The van der Waals surface area contributed by atoms with Crippen LogP contribution in [0.5, 0.6) is 5.75 Å². The molecule has 0 radical (unpaired) electrons. The van der Waals surface area contributed by atoms with Crippen LogP contribution in [0.25, 0.3) is 0 Å². The highest BCUT2D eigenvalue weighted by molar-refractivity contribution is 6.67. The molecule has 0 saturated heterocycles. The van der Waals surface area contributed by atoms with Crippen molar-refractivity contribution in [2.24, 2.45) is 0 Å². The molecule has 0 amide bonds. The highest BCUT2D eigenvalue weighted by Crippen LogP contribution is 2.33. The number of carbonyl (C=O) groups excluding carboxylic acids is 1. The van der Waals surface area contributed by atoms with Crippen LogP contribution >= 0.6 is 0 Å². The first-order chi connectivity index (χ1) is 15.4. The second kappa shape index (κ2) is 13.3. The Hall–Kier alpha value is -1.50.